The number of unbranched alkanes of at least 4 members (excludes halogenated alkanes) is 1. The van der Waals surface area contributed by atoms with Gasteiger partial charge in [-0.15, -0.1) is 11.6 Å². The van der Waals surface area contributed by atoms with Gasteiger partial charge >= 0.3 is 0 Å². The Balaban J connectivity index is 3.80. The second-order valence-electron chi connectivity index (χ2n) is 4.40. The van der Waals surface area contributed by atoms with Gasteiger partial charge in [0.05, 0.1) is 12.0 Å². The molecule has 0 aliphatic heterocycles. The van der Waals surface area contributed by atoms with Gasteiger partial charge in [0.2, 0.25) is 11.8 Å². The van der Waals surface area contributed by atoms with Gasteiger partial charge in [-0.3, -0.25) is 9.59 Å². The summed E-state index contributed by atoms with van der Waals surface area (Å²) in [5.74, 6) is -0.128. The molecule has 16 heavy (non-hydrogen) atoms. The molecular weight excluding hydrogens is 228 g/mol. The van der Waals surface area contributed by atoms with Gasteiger partial charge in [-0.25, -0.2) is 0 Å². The summed E-state index contributed by atoms with van der Waals surface area (Å²) in [4.78, 5) is 22.8. The van der Waals surface area contributed by atoms with Crippen molar-refractivity contribution in [1.82, 2.24) is 10.6 Å². The highest BCUT2D eigenvalue weighted by molar-refractivity contribution is 6.19. The fourth-order valence-electron chi connectivity index (χ4n) is 0.928. The first kappa shape index (κ1) is 15.2. The summed E-state index contributed by atoms with van der Waals surface area (Å²) < 4.78 is 0. The van der Waals surface area contributed by atoms with Crippen LogP contribution in [-0.2, 0) is 9.59 Å². The smallest absolute Gasteiger partial charge is 0.239 e. The van der Waals surface area contributed by atoms with Crippen molar-refractivity contribution in [1.29, 1.82) is 0 Å². The molecule has 0 heterocycles. The number of nitrogens with one attached hydrogen (secondary N) is 2. The normalized spacial score (nSPS) is 11.0. The van der Waals surface area contributed by atoms with Crippen LogP contribution in [0.5, 0.6) is 0 Å². The van der Waals surface area contributed by atoms with Crippen LogP contribution in [0.2, 0.25) is 0 Å². The highest BCUT2D eigenvalue weighted by atomic mass is 35.5. The molecule has 0 aromatic carbocycles. The maximum Gasteiger partial charge on any atom is 0.239 e. The fourth-order valence-corrected chi connectivity index (χ4v) is 1.05. The molecule has 0 rings (SSSR count). The Bertz CT molecular complexity index is 242. The van der Waals surface area contributed by atoms with Gasteiger partial charge < -0.3 is 10.6 Å². The maximum atomic E-state index is 11.6. The zero-order valence-electron chi connectivity index (χ0n) is 10.2. The van der Waals surface area contributed by atoms with Crippen molar-refractivity contribution in [3.05, 3.63) is 0 Å². The summed E-state index contributed by atoms with van der Waals surface area (Å²) in [6.45, 7) is 6.21. The van der Waals surface area contributed by atoms with Crippen LogP contribution in [0.15, 0.2) is 0 Å². The van der Waals surface area contributed by atoms with E-state index in [9.17, 15) is 9.59 Å². The Morgan fingerprint density at radius 2 is 1.88 bits per heavy atom. The molecule has 0 fully saturated rings. The lowest BCUT2D eigenvalue weighted by Gasteiger charge is -2.20. The van der Waals surface area contributed by atoms with E-state index in [1.807, 2.05) is 0 Å². The number of amides is 2. The minimum Gasteiger partial charge on any atom is -0.355 e. The van der Waals surface area contributed by atoms with E-state index in [2.05, 4.69) is 17.6 Å². The van der Waals surface area contributed by atoms with E-state index >= 15 is 0 Å². The first-order valence-corrected chi connectivity index (χ1v) is 6.08. The third-order valence-electron chi connectivity index (χ3n) is 2.21. The number of alkyl halides is 1. The molecule has 0 bridgehead atoms. The van der Waals surface area contributed by atoms with E-state index in [0.717, 1.165) is 12.8 Å². The minimum atomic E-state index is -0.634. The van der Waals surface area contributed by atoms with E-state index in [1.54, 1.807) is 13.8 Å². The fraction of sp³-hybridized carbons (Fsp3) is 0.818. The van der Waals surface area contributed by atoms with Gasteiger partial charge in [-0.05, 0) is 20.3 Å². The molecule has 0 saturated carbocycles. The molecule has 94 valence electrons. The lowest BCUT2D eigenvalue weighted by atomic mass is 9.95. The van der Waals surface area contributed by atoms with Crippen LogP contribution in [0.3, 0.4) is 0 Å². The van der Waals surface area contributed by atoms with Crippen LogP contribution in [0.25, 0.3) is 0 Å². The molecule has 0 unspecified atom stereocenters. The zero-order chi connectivity index (χ0) is 12.6. The van der Waals surface area contributed by atoms with Crippen LogP contribution in [0.1, 0.15) is 33.6 Å². The van der Waals surface area contributed by atoms with Crippen LogP contribution >= 0.6 is 11.6 Å². The number of hydrogen-bond donors (Lipinski definition) is 2. The summed E-state index contributed by atoms with van der Waals surface area (Å²) in [6, 6.07) is 0. The number of carbonyl (C=O) groups is 2. The standard InChI is InChI=1S/C11H21ClN2O2/c1-4-5-6-13-9(15)7-14-10(16)11(2,3)8-12/h4-8H2,1-3H3,(H,13,15)(H,14,16). The lowest BCUT2D eigenvalue weighted by Crippen LogP contribution is -2.43. The van der Waals surface area contributed by atoms with Gasteiger partial charge in [0.15, 0.2) is 0 Å². The summed E-state index contributed by atoms with van der Waals surface area (Å²) >= 11 is 5.64. The first-order chi connectivity index (χ1) is 7.44. The summed E-state index contributed by atoms with van der Waals surface area (Å²) in [7, 11) is 0. The molecule has 2 N–H and O–H groups in total. The molecule has 5 heteroatoms. The van der Waals surface area contributed by atoms with Crippen molar-refractivity contribution < 1.29 is 9.59 Å². The van der Waals surface area contributed by atoms with E-state index in [1.165, 1.54) is 0 Å². The van der Waals surface area contributed by atoms with Crippen molar-refractivity contribution >= 4 is 23.4 Å². The quantitative estimate of drug-likeness (QED) is 0.527. The van der Waals surface area contributed by atoms with Gasteiger partial charge in [-0.2, -0.15) is 0 Å². The summed E-state index contributed by atoms with van der Waals surface area (Å²) in [5, 5.41) is 5.29. The molecule has 4 nitrogen and oxygen atoms in total. The van der Waals surface area contributed by atoms with E-state index in [4.69, 9.17) is 11.6 Å². The van der Waals surface area contributed by atoms with Crippen molar-refractivity contribution in [2.45, 2.75) is 33.6 Å². The molecule has 0 aromatic rings. The Labute approximate surface area is 102 Å². The molecule has 2 amide bonds. The number of carbonyl (C=O) groups excluding carboxylic acids is 2. The Hall–Kier alpha value is -0.770. The molecule has 0 aromatic heterocycles. The monoisotopic (exact) mass is 248 g/mol. The summed E-state index contributed by atoms with van der Waals surface area (Å²) in [5.41, 5.74) is -0.634. The topological polar surface area (TPSA) is 58.2 Å². The SMILES string of the molecule is CCCCNC(=O)CNC(=O)C(C)(C)CCl. The highest BCUT2D eigenvalue weighted by Gasteiger charge is 2.26. The lowest BCUT2D eigenvalue weighted by molar-refractivity contribution is -0.131. The van der Waals surface area contributed by atoms with Gasteiger partial charge in [0.25, 0.3) is 0 Å². The van der Waals surface area contributed by atoms with Gasteiger partial charge in [-0.1, -0.05) is 13.3 Å². The average molecular weight is 249 g/mol. The van der Waals surface area contributed by atoms with Crippen molar-refractivity contribution in [2.24, 2.45) is 5.41 Å². The second-order valence-corrected chi connectivity index (χ2v) is 4.67. The Morgan fingerprint density at radius 1 is 1.25 bits per heavy atom. The van der Waals surface area contributed by atoms with Gasteiger partial charge in [0, 0.05) is 12.4 Å². The predicted octanol–water partition coefficient (Wildman–Crippen LogP) is 1.28. The molecule has 0 aliphatic carbocycles. The number of rotatable bonds is 7. The predicted molar refractivity (Wildman–Crippen MR) is 65.4 cm³/mol. The van der Waals surface area contributed by atoms with Crippen molar-refractivity contribution in [3.63, 3.8) is 0 Å². The van der Waals surface area contributed by atoms with Crippen LogP contribution < -0.4 is 10.6 Å². The molecule has 0 spiro atoms. The second kappa shape index (κ2) is 7.49. The van der Waals surface area contributed by atoms with Crippen molar-refractivity contribution in [3.8, 4) is 0 Å². The van der Waals surface area contributed by atoms with Crippen LogP contribution in [-0.4, -0.2) is 30.8 Å². The Kier molecular flexibility index (Phi) is 7.13. The van der Waals surface area contributed by atoms with Crippen molar-refractivity contribution in [2.75, 3.05) is 19.0 Å². The third kappa shape index (κ3) is 5.95. The number of hydrogen-bond acceptors (Lipinski definition) is 2. The van der Waals surface area contributed by atoms with Gasteiger partial charge in [0.1, 0.15) is 0 Å². The Morgan fingerprint density at radius 3 is 2.38 bits per heavy atom. The molecule has 0 saturated heterocycles. The molecule has 0 radical (unpaired) electrons. The molecule has 0 aliphatic rings. The maximum absolute atomic E-state index is 11.6. The van der Waals surface area contributed by atoms with Crippen LogP contribution in [0.4, 0.5) is 0 Å². The van der Waals surface area contributed by atoms with E-state index < -0.39 is 5.41 Å². The number of halogens is 1. The molecular formula is C11H21ClN2O2. The highest BCUT2D eigenvalue weighted by Crippen LogP contribution is 2.16. The first-order valence-electron chi connectivity index (χ1n) is 5.55. The average Bonchev–Trinajstić information content (AvgIpc) is 2.26. The molecule has 0 atom stereocenters. The van der Waals surface area contributed by atoms with E-state index in [0.29, 0.717) is 6.54 Å². The van der Waals surface area contributed by atoms with E-state index in [-0.39, 0.29) is 24.2 Å². The summed E-state index contributed by atoms with van der Waals surface area (Å²) in [6.07, 6.45) is 1.98. The van der Waals surface area contributed by atoms with Crippen LogP contribution in [0, 0.1) is 5.41 Å². The largest absolute Gasteiger partial charge is 0.355 e. The minimum absolute atomic E-state index is 0.0167. The third-order valence-corrected chi connectivity index (χ3v) is 2.88. The zero-order valence-corrected chi connectivity index (χ0v) is 11.0.